The monoisotopic (exact) mass is 486 g/mol. The van der Waals surface area contributed by atoms with Crippen molar-refractivity contribution in [3.8, 4) is 0 Å². The molecule has 3 nitrogen and oxygen atoms in total. The predicted molar refractivity (Wildman–Crippen MR) is 139 cm³/mol. The minimum absolute atomic E-state index is 0. The van der Waals surface area contributed by atoms with Gasteiger partial charge in [0.2, 0.25) is 0 Å². The first kappa shape index (κ1) is 28.6. The van der Waals surface area contributed by atoms with E-state index in [2.05, 4.69) is 108 Å². The van der Waals surface area contributed by atoms with Crippen molar-refractivity contribution in [1.82, 2.24) is 5.32 Å². The molecule has 0 atom stereocenters. The third-order valence-electron chi connectivity index (χ3n) is 5.95. The van der Waals surface area contributed by atoms with Crippen LogP contribution in [0.1, 0.15) is 101 Å². The van der Waals surface area contributed by atoms with Gasteiger partial charge >= 0.3 is 0 Å². The number of para-hydroxylation sites is 2. The summed E-state index contributed by atoms with van der Waals surface area (Å²) in [6, 6.07) is 13.4. The average molecular weight is 487 g/mol. The van der Waals surface area contributed by atoms with Crippen LogP contribution in [0.15, 0.2) is 36.4 Å². The Morgan fingerprint density at radius 1 is 0.500 bits per heavy atom. The fraction of sp³-hybridized carbons (Fsp3) is 0.571. The van der Waals surface area contributed by atoms with Crippen LogP contribution in [0, 0.1) is 0 Å². The van der Waals surface area contributed by atoms with Gasteiger partial charge in [-0.3, -0.25) is 0 Å². The zero-order valence-electron chi connectivity index (χ0n) is 21.4. The Kier molecular flexibility index (Phi) is 12.4. The number of anilines is 2. The number of nitrogens with one attached hydrogen (secondary N) is 3. The first-order chi connectivity index (χ1) is 14.7. The van der Waals surface area contributed by atoms with Crippen molar-refractivity contribution >= 4 is 11.4 Å². The number of benzene rings is 2. The summed E-state index contributed by atoms with van der Waals surface area (Å²) < 4.78 is 0. The van der Waals surface area contributed by atoms with Crippen LogP contribution in [0.25, 0.3) is 0 Å². The molecule has 3 N–H and O–H groups in total. The molecule has 0 unspecified atom stereocenters. The van der Waals surface area contributed by atoms with E-state index in [-0.39, 0.29) is 17.1 Å². The normalized spacial score (nSPS) is 11.4. The van der Waals surface area contributed by atoms with Gasteiger partial charge in [0.05, 0.1) is 0 Å². The van der Waals surface area contributed by atoms with Crippen LogP contribution in [-0.2, 0) is 17.1 Å². The summed E-state index contributed by atoms with van der Waals surface area (Å²) >= 11 is 0. The molecule has 0 spiro atoms. The fourth-order valence-corrected chi connectivity index (χ4v) is 4.19. The largest absolute Gasteiger partial charge is 0.383 e. The molecule has 0 amide bonds. The molecule has 0 bridgehead atoms. The number of hydrogen-bond donors (Lipinski definition) is 3. The van der Waals surface area contributed by atoms with E-state index in [0.29, 0.717) is 23.7 Å². The van der Waals surface area contributed by atoms with Gasteiger partial charge in [0.25, 0.3) is 0 Å². The zero-order valence-corrected chi connectivity index (χ0v) is 22.3. The van der Waals surface area contributed by atoms with Gasteiger partial charge in [-0.1, -0.05) is 91.8 Å². The van der Waals surface area contributed by atoms with E-state index >= 15 is 0 Å². The number of rotatable bonds is 12. The summed E-state index contributed by atoms with van der Waals surface area (Å²) in [5.74, 6) is 2.09. The van der Waals surface area contributed by atoms with Crippen molar-refractivity contribution < 1.29 is 17.1 Å². The average Bonchev–Trinajstić information content (AvgIpc) is 2.72. The van der Waals surface area contributed by atoms with E-state index in [1.807, 2.05) is 0 Å². The van der Waals surface area contributed by atoms with E-state index in [1.54, 1.807) is 0 Å². The van der Waals surface area contributed by atoms with Crippen LogP contribution >= 0.6 is 0 Å². The molecule has 0 aliphatic carbocycles. The van der Waals surface area contributed by atoms with Gasteiger partial charge in [0.1, 0.15) is 0 Å². The van der Waals surface area contributed by atoms with Crippen molar-refractivity contribution in [2.24, 2.45) is 0 Å². The van der Waals surface area contributed by atoms with E-state index in [4.69, 9.17) is 0 Å². The van der Waals surface area contributed by atoms with Crippen LogP contribution in [0.4, 0.5) is 11.4 Å². The van der Waals surface area contributed by atoms with E-state index in [9.17, 15) is 0 Å². The molecule has 1 radical (unpaired) electrons. The predicted octanol–water partition coefficient (Wildman–Crippen LogP) is 7.29. The standard InChI is InChI=1S/C28H45N3.Cu/c1-19(2)23-11-9-12-24(20(3)4)27(23)30-17-15-29-16-18-31-28-25(21(5)6)13-10-14-26(28)22(7)8;/h9-14,19-22,29-31H,15-18H2,1-8H3;. The first-order valence-corrected chi connectivity index (χ1v) is 12.2. The van der Waals surface area contributed by atoms with Crippen LogP contribution < -0.4 is 16.0 Å². The van der Waals surface area contributed by atoms with Gasteiger partial charge in [-0.05, 0) is 45.9 Å². The molecule has 0 saturated heterocycles. The van der Waals surface area contributed by atoms with Crippen LogP contribution in [0.2, 0.25) is 0 Å². The van der Waals surface area contributed by atoms with E-state index in [0.717, 1.165) is 26.2 Å². The molecular formula is C28H45CuN3. The summed E-state index contributed by atoms with van der Waals surface area (Å²) in [6.45, 7) is 22.0. The molecule has 0 aliphatic rings. The van der Waals surface area contributed by atoms with Crippen molar-refractivity contribution in [2.75, 3.05) is 36.8 Å². The molecule has 2 rings (SSSR count). The van der Waals surface area contributed by atoms with Crippen molar-refractivity contribution in [2.45, 2.75) is 79.1 Å². The topological polar surface area (TPSA) is 36.1 Å². The third-order valence-corrected chi connectivity index (χ3v) is 5.95. The smallest absolute Gasteiger partial charge is 0.0410 e. The molecule has 2 aromatic rings. The Labute approximate surface area is 208 Å². The van der Waals surface area contributed by atoms with Crippen LogP contribution in [-0.4, -0.2) is 26.2 Å². The summed E-state index contributed by atoms with van der Waals surface area (Å²) in [4.78, 5) is 0. The van der Waals surface area contributed by atoms with Crippen molar-refractivity contribution in [3.63, 3.8) is 0 Å². The zero-order chi connectivity index (χ0) is 23.0. The molecule has 0 saturated carbocycles. The van der Waals surface area contributed by atoms with Gasteiger partial charge < -0.3 is 16.0 Å². The van der Waals surface area contributed by atoms with Gasteiger partial charge in [-0.25, -0.2) is 0 Å². The molecule has 183 valence electrons. The van der Waals surface area contributed by atoms with E-state index in [1.165, 1.54) is 33.6 Å². The van der Waals surface area contributed by atoms with Gasteiger partial charge in [0.15, 0.2) is 0 Å². The molecule has 0 fully saturated rings. The second-order valence-electron chi connectivity index (χ2n) is 9.85. The maximum Gasteiger partial charge on any atom is 0.0410 e. The Morgan fingerprint density at radius 3 is 1.03 bits per heavy atom. The molecule has 0 heterocycles. The molecule has 0 aliphatic heterocycles. The third kappa shape index (κ3) is 7.83. The maximum atomic E-state index is 3.72. The Bertz CT molecular complexity index is 692. The SMILES string of the molecule is CC(C)c1cccc(C(C)C)c1NCCNCCNc1c(C(C)C)cccc1C(C)C.[Cu]. The van der Waals surface area contributed by atoms with Gasteiger partial charge in [-0.15, -0.1) is 0 Å². The maximum absolute atomic E-state index is 3.72. The summed E-state index contributed by atoms with van der Waals surface area (Å²) in [6.07, 6.45) is 0. The Balaban J connectivity index is 0.00000512. The molecule has 2 aromatic carbocycles. The second-order valence-corrected chi connectivity index (χ2v) is 9.85. The summed E-state index contributed by atoms with van der Waals surface area (Å²) in [7, 11) is 0. The minimum Gasteiger partial charge on any atom is -0.383 e. The minimum atomic E-state index is 0. The molecule has 32 heavy (non-hydrogen) atoms. The fourth-order valence-electron chi connectivity index (χ4n) is 4.19. The number of hydrogen-bond acceptors (Lipinski definition) is 3. The summed E-state index contributed by atoms with van der Waals surface area (Å²) in [5.41, 5.74) is 8.33. The second kappa shape index (κ2) is 13.9. The Hall–Kier alpha value is -1.48. The molecule has 4 heteroatoms. The van der Waals surface area contributed by atoms with Crippen molar-refractivity contribution in [1.29, 1.82) is 0 Å². The van der Waals surface area contributed by atoms with Crippen LogP contribution in [0.3, 0.4) is 0 Å². The molecular weight excluding hydrogens is 442 g/mol. The van der Waals surface area contributed by atoms with Crippen molar-refractivity contribution in [3.05, 3.63) is 58.7 Å². The molecule has 0 aromatic heterocycles. The summed E-state index contributed by atoms with van der Waals surface area (Å²) in [5, 5.41) is 11.0. The van der Waals surface area contributed by atoms with E-state index < -0.39 is 0 Å². The van der Waals surface area contributed by atoms with Gasteiger partial charge in [-0.2, -0.15) is 0 Å². The van der Waals surface area contributed by atoms with Gasteiger partial charge in [0, 0.05) is 54.6 Å². The quantitative estimate of drug-likeness (QED) is 0.217. The van der Waals surface area contributed by atoms with Crippen LogP contribution in [0.5, 0.6) is 0 Å². The Morgan fingerprint density at radius 2 is 0.781 bits per heavy atom. The first-order valence-electron chi connectivity index (χ1n) is 12.2.